The summed E-state index contributed by atoms with van der Waals surface area (Å²) in [7, 11) is 0. The van der Waals surface area contributed by atoms with E-state index in [2.05, 4.69) is 11.4 Å². The first-order valence-electron chi connectivity index (χ1n) is 10.6. The van der Waals surface area contributed by atoms with Gasteiger partial charge in [0.15, 0.2) is 6.61 Å². The molecule has 0 spiro atoms. The van der Waals surface area contributed by atoms with Gasteiger partial charge in [-0.05, 0) is 81.6 Å². The van der Waals surface area contributed by atoms with E-state index in [1.807, 2.05) is 0 Å². The number of aliphatic hydroxyl groups is 1. The third kappa shape index (κ3) is 3.27. The minimum Gasteiger partial charge on any atom is -0.455 e. The Morgan fingerprint density at radius 1 is 1.21 bits per heavy atom. The molecule has 7 heteroatoms. The smallest absolute Gasteiger partial charge is 0.312 e. The normalized spacial score (nSPS) is 34.3. The number of carbonyl (C=O) groups is 2. The number of anilines is 1. The number of esters is 1. The van der Waals surface area contributed by atoms with E-state index in [-0.39, 0.29) is 12.6 Å². The van der Waals surface area contributed by atoms with Gasteiger partial charge in [0, 0.05) is 4.88 Å². The molecule has 5 aliphatic rings. The molecule has 1 aromatic heterocycles. The number of aryl methyl sites for hydroxylation is 1. The number of thiophene rings is 1. The second kappa shape index (κ2) is 6.82. The second-order valence-electron chi connectivity index (χ2n) is 9.62. The molecular formula is C22H26N2O4S. The van der Waals surface area contributed by atoms with Gasteiger partial charge in [-0.1, -0.05) is 0 Å². The molecule has 4 fully saturated rings. The maximum atomic E-state index is 12.9. The molecule has 1 aromatic rings. The summed E-state index contributed by atoms with van der Waals surface area (Å²) in [6.07, 6.45) is 8.69. The van der Waals surface area contributed by atoms with Gasteiger partial charge in [0.2, 0.25) is 0 Å². The zero-order chi connectivity index (χ0) is 20.2. The average molecular weight is 415 g/mol. The van der Waals surface area contributed by atoms with Crippen molar-refractivity contribution in [2.75, 3.05) is 11.9 Å². The summed E-state index contributed by atoms with van der Waals surface area (Å²) >= 11 is 1.47. The van der Waals surface area contributed by atoms with Gasteiger partial charge in [-0.3, -0.25) is 9.59 Å². The fourth-order valence-electron chi connectivity index (χ4n) is 6.67. The first kappa shape index (κ1) is 19.1. The lowest BCUT2D eigenvalue weighted by Crippen LogP contribution is -2.58. The van der Waals surface area contributed by atoms with Crippen molar-refractivity contribution in [2.24, 2.45) is 17.3 Å². The van der Waals surface area contributed by atoms with Crippen molar-refractivity contribution in [3.05, 3.63) is 16.0 Å². The molecule has 1 amide bonds. The number of amides is 1. The molecule has 1 heterocycles. The van der Waals surface area contributed by atoms with Gasteiger partial charge >= 0.3 is 5.97 Å². The fraction of sp³-hybridized carbons (Fsp3) is 0.682. The van der Waals surface area contributed by atoms with Crippen LogP contribution in [0.15, 0.2) is 0 Å². The molecule has 4 saturated carbocycles. The largest absolute Gasteiger partial charge is 0.455 e. The quantitative estimate of drug-likeness (QED) is 0.737. The highest BCUT2D eigenvalue weighted by molar-refractivity contribution is 7.16. The zero-order valence-electron chi connectivity index (χ0n) is 16.5. The molecule has 0 aromatic carbocycles. The van der Waals surface area contributed by atoms with Gasteiger partial charge < -0.3 is 15.2 Å². The molecule has 29 heavy (non-hydrogen) atoms. The molecule has 4 atom stereocenters. The number of carbonyl (C=O) groups excluding carboxylic acids is 2. The Morgan fingerprint density at radius 3 is 2.62 bits per heavy atom. The first-order chi connectivity index (χ1) is 13.9. The Labute approximate surface area is 174 Å². The molecule has 6 nitrogen and oxygen atoms in total. The van der Waals surface area contributed by atoms with Crippen LogP contribution < -0.4 is 5.32 Å². The van der Waals surface area contributed by atoms with Crippen LogP contribution in [0.4, 0.5) is 5.00 Å². The minimum absolute atomic E-state index is 0.342. The number of hydrogen-bond donors (Lipinski definition) is 2. The summed E-state index contributed by atoms with van der Waals surface area (Å²) in [6.45, 7) is -0.345. The number of fused-ring (bicyclic) bond motifs is 1. The van der Waals surface area contributed by atoms with Crippen LogP contribution in [0.5, 0.6) is 0 Å². The minimum atomic E-state index is -0.733. The number of ether oxygens (including phenoxy) is 1. The van der Waals surface area contributed by atoms with Crippen LogP contribution in [0.2, 0.25) is 0 Å². The summed E-state index contributed by atoms with van der Waals surface area (Å²) in [4.78, 5) is 26.5. The molecule has 2 N–H and O–H groups in total. The van der Waals surface area contributed by atoms with E-state index in [4.69, 9.17) is 4.74 Å². The lowest BCUT2D eigenvalue weighted by atomic mass is 9.48. The summed E-state index contributed by atoms with van der Waals surface area (Å²) < 4.78 is 5.44. The molecule has 4 bridgehead atoms. The van der Waals surface area contributed by atoms with Crippen molar-refractivity contribution in [3.8, 4) is 6.07 Å². The number of hydrogen-bond acceptors (Lipinski definition) is 6. The van der Waals surface area contributed by atoms with Crippen LogP contribution in [0.25, 0.3) is 0 Å². The Kier molecular flexibility index (Phi) is 4.48. The predicted octanol–water partition coefficient (Wildman–Crippen LogP) is 3.31. The summed E-state index contributed by atoms with van der Waals surface area (Å²) in [5.41, 5.74) is 0.271. The van der Waals surface area contributed by atoms with E-state index in [0.717, 1.165) is 63.4 Å². The maximum absolute atomic E-state index is 12.9. The number of nitrogens with zero attached hydrogens (tertiary/aromatic N) is 1. The van der Waals surface area contributed by atoms with E-state index in [0.29, 0.717) is 28.8 Å². The van der Waals surface area contributed by atoms with Crippen molar-refractivity contribution >= 4 is 28.2 Å². The molecular weight excluding hydrogens is 388 g/mol. The topological polar surface area (TPSA) is 99.4 Å². The molecule has 6 rings (SSSR count). The van der Waals surface area contributed by atoms with Crippen LogP contribution in [0.1, 0.15) is 67.4 Å². The van der Waals surface area contributed by atoms with E-state index in [1.165, 1.54) is 16.2 Å². The Morgan fingerprint density at radius 2 is 1.93 bits per heavy atom. The van der Waals surface area contributed by atoms with E-state index in [1.54, 1.807) is 0 Å². The first-order valence-corrected chi connectivity index (χ1v) is 11.5. The summed E-state index contributed by atoms with van der Waals surface area (Å²) in [5.74, 6) is 0.0274. The molecule has 5 aliphatic carbocycles. The Bertz CT molecular complexity index is 901. The van der Waals surface area contributed by atoms with Crippen LogP contribution in [0.3, 0.4) is 0 Å². The van der Waals surface area contributed by atoms with Crippen molar-refractivity contribution in [3.63, 3.8) is 0 Å². The van der Waals surface area contributed by atoms with Crippen LogP contribution in [-0.4, -0.2) is 29.2 Å². The second-order valence-corrected chi connectivity index (χ2v) is 10.7. The molecule has 0 aliphatic heterocycles. The van der Waals surface area contributed by atoms with Crippen LogP contribution in [0, 0.1) is 28.6 Å². The van der Waals surface area contributed by atoms with Crippen molar-refractivity contribution in [1.29, 1.82) is 5.26 Å². The van der Waals surface area contributed by atoms with Gasteiger partial charge in [-0.2, -0.15) is 5.26 Å². The van der Waals surface area contributed by atoms with Gasteiger partial charge in [0.25, 0.3) is 5.91 Å². The maximum Gasteiger partial charge on any atom is 0.312 e. The molecule has 154 valence electrons. The average Bonchev–Trinajstić information content (AvgIpc) is 3.00. The Balaban J connectivity index is 1.23. The highest BCUT2D eigenvalue weighted by Crippen LogP contribution is 2.62. The van der Waals surface area contributed by atoms with Crippen molar-refractivity contribution < 1.29 is 19.4 Å². The Hall–Kier alpha value is -1.91. The van der Waals surface area contributed by atoms with E-state index in [9.17, 15) is 20.0 Å². The molecule has 0 radical (unpaired) electrons. The third-order valence-electron chi connectivity index (χ3n) is 7.33. The van der Waals surface area contributed by atoms with Crippen LogP contribution in [-0.2, 0) is 27.2 Å². The monoisotopic (exact) mass is 414 g/mol. The molecule has 0 saturated heterocycles. The number of nitrogens with one attached hydrogen (secondary N) is 1. The fourth-order valence-corrected chi connectivity index (χ4v) is 7.93. The van der Waals surface area contributed by atoms with Gasteiger partial charge in [0.1, 0.15) is 11.1 Å². The van der Waals surface area contributed by atoms with Crippen LogP contribution >= 0.6 is 11.3 Å². The van der Waals surface area contributed by atoms with Gasteiger partial charge in [-0.25, -0.2) is 0 Å². The van der Waals surface area contributed by atoms with Gasteiger partial charge in [0.05, 0.1) is 16.6 Å². The lowest BCUT2D eigenvalue weighted by molar-refractivity contribution is -0.196. The SMILES string of the molecule is N#Cc1c(NC(=O)COC(=O)C23C[C@@H]4C[C@@H](CC(O)(C4)C2)C3)sc2c1CCCC2. The van der Waals surface area contributed by atoms with E-state index < -0.39 is 16.9 Å². The van der Waals surface area contributed by atoms with Crippen molar-refractivity contribution in [2.45, 2.75) is 69.8 Å². The third-order valence-corrected chi connectivity index (χ3v) is 8.54. The number of rotatable bonds is 4. The lowest BCUT2D eigenvalue weighted by Gasteiger charge is -2.58. The number of nitriles is 1. The van der Waals surface area contributed by atoms with Crippen molar-refractivity contribution in [1.82, 2.24) is 0 Å². The highest BCUT2D eigenvalue weighted by atomic mass is 32.1. The molecule has 2 unspecified atom stereocenters. The highest BCUT2D eigenvalue weighted by Gasteiger charge is 2.60. The summed E-state index contributed by atoms with van der Waals surface area (Å²) in [5, 5.41) is 23.7. The summed E-state index contributed by atoms with van der Waals surface area (Å²) in [6, 6.07) is 2.23. The predicted molar refractivity (Wildman–Crippen MR) is 107 cm³/mol. The van der Waals surface area contributed by atoms with Gasteiger partial charge in [-0.15, -0.1) is 11.3 Å². The van der Waals surface area contributed by atoms with E-state index >= 15 is 0 Å². The standard InChI is InChI=1S/C22H26N2O4S/c23-10-16-15-3-1-2-4-17(15)29-19(16)24-18(25)11-28-20(26)21-6-13-5-14(7-21)9-22(27,8-13)12-21/h13-14,27H,1-9,11-12H2,(H,24,25)/t13-,14+,21?,22?. The zero-order valence-corrected chi connectivity index (χ0v) is 17.3.